The van der Waals surface area contributed by atoms with Gasteiger partial charge in [0.05, 0.1) is 19.8 Å². The number of carbonyl (C=O) groups is 1. The first kappa shape index (κ1) is 18.8. The summed E-state index contributed by atoms with van der Waals surface area (Å²) < 4.78 is 23.7. The molecule has 2 rings (SSSR count). The number of methoxy groups -OCH3 is 1. The zero-order chi connectivity index (χ0) is 15.1. The summed E-state index contributed by atoms with van der Waals surface area (Å²) in [7, 11) is 1.52. The highest BCUT2D eigenvalue weighted by atomic mass is 35.5. The smallest absolute Gasteiger partial charge is 0.221 e. The Labute approximate surface area is 136 Å². The predicted octanol–water partition coefficient (Wildman–Crippen LogP) is 1.39. The van der Waals surface area contributed by atoms with Crippen molar-refractivity contribution >= 4 is 18.3 Å². The van der Waals surface area contributed by atoms with E-state index in [0.29, 0.717) is 31.7 Å². The van der Waals surface area contributed by atoms with Gasteiger partial charge in [-0.25, -0.2) is 4.39 Å². The Morgan fingerprint density at radius 3 is 3.05 bits per heavy atom. The van der Waals surface area contributed by atoms with Crippen molar-refractivity contribution in [3.63, 3.8) is 0 Å². The average molecular weight is 333 g/mol. The third kappa shape index (κ3) is 5.88. The largest absolute Gasteiger partial charge is 0.380 e. The topological polar surface area (TPSA) is 59.6 Å². The molecule has 1 aliphatic heterocycles. The molecule has 0 aliphatic carbocycles. The van der Waals surface area contributed by atoms with Gasteiger partial charge in [0.15, 0.2) is 0 Å². The summed E-state index contributed by atoms with van der Waals surface area (Å²) in [6, 6.07) is 4.83. The van der Waals surface area contributed by atoms with Gasteiger partial charge in [-0.2, -0.15) is 0 Å². The number of ether oxygens (including phenoxy) is 2. The maximum atomic E-state index is 13.5. The normalized spacial score (nSPS) is 17.6. The number of nitrogens with one attached hydrogen (secondary N) is 2. The molecule has 22 heavy (non-hydrogen) atoms. The molecule has 1 aliphatic rings. The average Bonchev–Trinajstić information content (AvgIpc) is 2.49. The zero-order valence-electron chi connectivity index (χ0n) is 12.6. The van der Waals surface area contributed by atoms with E-state index in [-0.39, 0.29) is 36.8 Å². The molecule has 1 unspecified atom stereocenters. The fourth-order valence-corrected chi connectivity index (χ4v) is 2.25. The van der Waals surface area contributed by atoms with Crippen molar-refractivity contribution in [3.05, 3.63) is 35.1 Å². The van der Waals surface area contributed by atoms with E-state index < -0.39 is 0 Å². The molecule has 0 bridgehead atoms. The van der Waals surface area contributed by atoms with Crippen LogP contribution in [0.3, 0.4) is 0 Å². The monoisotopic (exact) mass is 332 g/mol. The molecular formula is C15H22ClFN2O3. The number of benzene rings is 1. The van der Waals surface area contributed by atoms with E-state index in [1.54, 1.807) is 12.1 Å². The van der Waals surface area contributed by atoms with E-state index >= 15 is 0 Å². The molecule has 1 atom stereocenters. The van der Waals surface area contributed by atoms with Crippen LogP contribution in [0.2, 0.25) is 0 Å². The third-order valence-electron chi connectivity index (χ3n) is 3.33. The standard InChI is InChI=1S/C15H21FN2O3.ClH/c1-20-9-12-6-11(2-3-14(12)16)8-18-15(19)7-13-10-21-5-4-17-13;/h2-3,6,13,17H,4-5,7-10H2,1H3,(H,18,19);1H. The maximum Gasteiger partial charge on any atom is 0.221 e. The molecule has 0 spiro atoms. The van der Waals surface area contributed by atoms with Gasteiger partial charge in [0.25, 0.3) is 0 Å². The van der Waals surface area contributed by atoms with E-state index in [2.05, 4.69) is 10.6 Å². The summed E-state index contributed by atoms with van der Waals surface area (Å²) in [6.07, 6.45) is 0.381. The fraction of sp³-hybridized carbons (Fsp3) is 0.533. The van der Waals surface area contributed by atoms with Crippen LogP contribution in [0.1, 0.15) is 17.5 Å². The van der Waals surface area contributed by atoms with Gasteiger partial charge < -0.3 is 20.1 Å². The highest BCUT2D eigenvalue weighted by Gasteiger charge is 2.16. The Morgan fingerprint density at radius 1 is 1.55 bits per heavy atom. The molecule has 0 saturated carbocycles. The molecule has 124 valence electrons. The molecule has 1 fully saturated rings. The number of carbonyl (C=O) groups excluding carboxylic acids is 1. The van der Waals surface area contributed by atoms with Crippen LogP contribution < -0.4 is 10.6 Å². The fourth-order valence-electron chi connectivity index (χ4n) is 2.25. The van der Waals surface area contributed by atoms with E-state index in [4.69, 9.17) is 9.47 Å². The molecular weight excluding hydrogens is 311 g/mol. The molecule has 1 aromatic rings. The summed E-state index contributed by atoms with van der Waals surface area (Å²) in [5, 5.41) is 6.07. The first-order chi connectivity index (χ1) is 10.2. The van der Waals surface area contributed by atoms with Crippen molar-refractivity contribution in [2.75, 3.05) is 26.9 Å². The van der Waals surface area contributed by atoms with Crippen LogP contribution in [0, 0.1) is 5.82 Å². The second kappa shape index (κ2) is 9.74. The summed E-state index contributed by atoms with van der Waals surface area (Å²) in [4.78, 5) is 11.9. The van der Waals surface area contributed by atoms with Crippen molar-refractivity contribution in [2.45, 2.75) is 25.6 Å². The van der Waals surface area contributed by atoms with Crippen molar-refractivity contribution in [1.82, 2.24) is 10.6 Å². The number of rotatable bonds is 6. The quantitative estimate of drug-likeness (QED) is 0.826. The molecule has 0 aromatic heterocycles. The first-order valence-electron chi connectivity index (χ1n) is 7.03. The number of amides is 1. The van der Waals surface area contributed by atoms with Gasteiger partial charge in [-0.1, -0.05) is 6.07 Å². The molecule has 1 saturated heterocycles. The first-order valence-corrected chi connectivity index (χ1v) is 7.03. The minimum atomic E-state index is -0.296. The van der Waals surface area contributed by atoms with Crippen molar-refractivity contribution in [2.24, 2.45) is 0 Å². The molecule has 0 radical (unpaired) electrons. The zero-order valence-corrected chi connectivity index (χ0v) is 13.4. The predicted molar refractivity (Wildman–Crippen MR) is 83.4 cm³/mol. The Kier molecular flexibility index (Phi) is 8.34. The highest BCUT2D eigenvalue weighted by Crippen LogP contribution is 2.11. The van der Waals surface area contributed by atoms with Gasteiger partial charge in [0.2, 0.25) is 5.91 Å². The minimum absolute atomic E-state index is 0. The van der Waals surface area contributed by atoms with Crippen LogP contribution in [0.5, 0.6) is 0 Å². The molecule has 2 N–H and O–H groups in total. The maximum absolute atomic E-state index is 13.5. The molecule has 1 amide bonds. The van der Waals surface area contributed by atoms with Crippen molar-refractivity contribution in [1.29, 1.82) is 0 Å². The molecule has 1 aromatic carbocycles. The summed E-state index contributed by atoms with van der Waals surface area (Å²) >= 11 is 0. The lowest BCUT2D eigenvalue weighted by molar-refractivity contribution is -0.122. The number of hydrogen-bond acceptors (Lipinski definition) is 4. The third-order valence-corrected chi connectivity index (χ3v) is 3.33. The second-order valence-corrected chi connectivity index (χ2v) is 5.07. The SMILES string of the molecule is COCc1cc(CNC(=O)CC2COCCN2)ccc1F.Cl. The van der Waals surface area contributed by atoms with E-state index in [1.165, 1.54) is 13.2 Å². The summed E-state index contributed by atoms with van der Waals surface area (Å²) in [5.41, 5.74) is 1.34. The van der Waals surface area contributed by atoms with Crippen molar-refractivity contribution in [3.8, 4) is 0 Å². The van der Waals surface area contributed by atoms with Crippen LogP contribution in [0.15, 0.2) is 18.2 Å². The lowest BCUT2D eigenvalue weighted by Gasteiger charge is -2.23. The van der Waals surface area contributed by atoms with Crippen LogP contribution in [-0.2, 0) is 27.4 Å². The molecule has 7 heteroatoms. The van der Waals surface area contributed by atoms with Gasteiger partial charge >= 0.3 is 0 Å². The molecule has 5 nitrogen and oxygen atoms in total. The van der Waals surface area contributed by atoms with Gasteiger partial charge in [0, 0.05) is 38.2 Å². The van der Waals surface area contributed by atoms with Crippen molar-refractivity contribution < 1.29 is 18.7 Å². The van der Waals surface area contributed by atoms with Gasteiger partial charge in [0.1, 0.15) is 5.82 Å². The Hall–Kier alpha value is -1.21. The Bertz CT molecular complexity index is 482. The number of morpholine rings is 1. The lowest BCUT2D eigenvalue weighted by Crippen LogP contribution is -2.44. The lowest BCUT2D eigenvalue weighted by atomic mass is 10.1. The molecule has 1 heterocycles. The van der Waals surface area contributed by atoms with Crippen LogP contribution in [-0.4, -0.2) is 38.8 Å². The van der Waals surface area contributed by atoms with Crippen LogP contribution >= 0.6 is 12.4 Å². The Balaban J connectivity index is 0.00000242. The van der Waals surface area contributed by atoms with E-state index in [0.717, 1.165) is 12.1 Å². The minimum Gasteiger partial charge on any atom is -0.380 e. The number of hydrogen-bond donors (Lipinski definition) is 2. The van der Waals surface area contributed by atoms with Gasteiger partial charge in [-0.3, -0.25) is 4.79 Å². The van der Waals surface area contributed by atoms with E-state index in [9.17, 15) is 9.18 Å². The van der Waals surface area contributed by atoms with Gasteiger partial charge in [-0.05, 0) is 17.7 Å². The summed E-state index contributed by atoms with van der Waals surface area (Å²) in [5.74, 6) is -0.342. The Morgan fingerprint density at radius 2 is 2.36 bits per heavy atom. The highest BCUT2D eigenvalue weighted by molar-refractivity contribution is 5.85. The van der Waals surface area contributed by atoms with Gasteiger partial charge in [-0.15, -0.1) is 12.4 Å². The van der Waals surface area contributed by atoms with Crippen LogP contribution in [0.4, 0.5) is 4.39 Å². The van der Waals surface area contributed by atoms with Crippen LogP contribution in [0.25, 0.3) is 0 Å². The number of halogens is 2. The summed E-state index contributed by atoms with van der Waals surface area (Å²) in [6.45, 7) is 2.62. The van der Waals surface area contributed by atoms with E-state index in [1.807, 2.05) is 0 Å². The second-order valence-electron chi connectivity index (χ2n) is 5.07.